The zero-order chi connectivity index (χ0) is 23.7. The average molecular weight is 435 g/mol. The summed E-state index contributed by atoms with van der Waals surface area (Å²) >= 11 is 0. The SMILES string of the molecule is CC(C)(C)OC(=O)c1ccnc(N)c1CC=CN1CCNCC1=O.CC(C)(C)OC=O. The molecule has 2 rings (SSSR count). The molecular formula is C22H34N4O5. The number of esters is 1. The molecule has 0 aliphatic carbocycles. The Hall–Kier alpha value is -2.94. The molecule has 9 nitrogen and oxygen atoms in total. The van der Waals surface area contributed by atoms with Gasteiger partial charge in [0.15, 0.2) is 0 Å². The van der Waals surface area contributed by atoms with Crippen LogP contribution in [0.4, 0.5) is 5.82 Å². The zero-order valence-corrected chi connectivity index (χ0v) is 19.2. The van der Waals surface area contributed by atoms with E-state index in [0.29, 0.717) is 37.1 Å². The highest BCUT2D eigenvalue weighted by Crippen LogP contribution is 2.20. The number of nitrogens with zero attached hydrogens (tertiary/aromatic N) is 2. The highest BCUT2D eigenvalue weighted by atomic mass is 16.6. The number of piperazine rings is 1. The molecule has 0 atom stereocenters. The number of hydrogen-bond donors (Lipinski definition) is 2. The number of rotatable bonds is 5. The summed E-state index contributed by atoms with van der Waals surface area (Å²) in [4.78, 5) is 39.4. The summed E-state index contributed by atoms with van der Waals surface area (Å²) in [7, 11) is 0. The summed E-state index contributed by atoms with van der Waals surface area (Å²) in [6.45, 7) is 13.1. The van der Waals surface area contributed by atoms with Crippen LogP contribution in [0.3, 0.4) is 0 Å². The van der Waals surface area contributed by atoms with Crippen molar-refractivity contribution < 1.29 is 23.9 Å². The number of hydrogen-bond acceptors (Lipinski definition) is 8. The van der Waals surface area contributed by atoms with Gasteiger partial charge in [-0.3, -0.25) is 9.59 Å². The molecule has 172 valence electrons. The third-order valence-electron chi connectivity index (χ3n) is 3.84. The van der Waals surface area contributed by atoms with E-state index < -0.39 is 11.6 Å². The van der Waals surface area contributed by atoms with Crippen LogP contribution in [-0.2, 0) is 25.5 Å². The molecule has 0 unspecified atom stereocenters. The van der Waals surface area contributed by atoms with Gasteiger partial charge in [0.2, 0.25) is 5.91 Å². The third-order valence-corrected chi connectivity index (χ3v) is 3.84. The van der Waals surface area contributed by atoms with Gasteiger partial charge in [0.05, 0.1) is 12.1 Å². The highest BCUT2D eigenvalue weighted by Gasteiger charge is 2.21. The molecule has 9 heteroatoms. The lowest BCUT2D eigenvalue weighted by atomic mass is 10.1. The van der Waals surface area contributed by atoms with E-state index in [1.165, 1.54) is 6.20 Å². The third kappa shape index (κ3) is 10.1. The molecular weight excluding hydrogens is 400 g/mol. The maximum absolute atomic E-state index is 12.3. The van der Waals surface area contributed by atoms with Crippen LogP contribution in [0.15, 0.2) is 24.5 Å². The molecule has 1 aromatic rings. The van der Waals surface area contributed by atoms with Gasteiger partial charge in [0.25, 0.3) is 6.47 Å². The van der Waals surface area contributed by atoms with Crippen molar-refractivity contribution in [3.63, 3.8) is 0 Å². The molecule has 0 aromatic carbocycles. The van der Waals surface area contributed by atoms with Crippen LogP contribution < -0.4 is 11.1 Å². The van der Waals surface area contributed by atoms with E-state index in [2.05, 4.69) is 15.0 Å². The Morgan fingerprint density at radius 3 is 2.45 bits per heavy atom. The van der Waals surface area contributed by atoms with Crippen LogP contribution in [0.1, 0.15) is 57.5 Å². The van der Waals surface area contributed by atoms with Crippen molar-refractivity contribution >= 4 is 24.2 Å². The first-order valence-electron chi connectivity index (χ1n) is 10.1. The first-order chi connectivity index (χ1) is 14.3. The monoisotopic (exact) mass is 434 g/mol. The van der Waals surface area contributed by atoms with Crippen molar-refractivity contribution in [2.75, 3.05) is 25.4 Å². The molecule has 1 fully saturated rings. The van der Waals surface area contributed by atoms with Gasteiger partial charge in [0.1, 0.15) is 17.0 Å². The van der Waals surface area contributed by atoms with Crippen LogP contribution in [-0.4, -0.2) is 59.1 Å². The predicted molar refractivity (Wildman–Crippen MR) is 118 cm³/mol. The minimum Gasteiger partial charge on any atom is -0.462 e. The number of anilines is 1. The van der Waals surface area contributed by atoms with Crippen LogP contribution in [0.5, 0.6) is 0 Å². The van der Waals surface area contributed by atoms with Crippen molar-refractivity contribution in [3.8, 4) is 0 Å². The molecule has 0 bridgehead atoms. The van der Waals surface area contributed by atoms with Gasteiger partial charge in [-0.25, -0.2) is 9.78 Å². The van der Waals surface area contributed by atoms with Crippen molar-refractivity contribution in [1.82, 2.24) is 15.2 Å². The van der Waals surface area contributed by atoms with E-state index in [1.807, 2.05) is 47.6 Å². The van der Waals surface area contributed by atoms with E-state index in [0.717, 1.165) is 6.54 Å². The van der Waals surface area contributed by atoms with Crippen LogP contribution in [0.25, 0.3) is 0 Å². The second kappa shape index (κ2) is 11.5. The van der Waals surface area contributed by atoms with Crippen molar-refractivity contribution in [2.45, 2.75) is 59.2 Å². The molecule has 1 aliphatic heterocycles. The lowest BCUT2D eigenvalue weighted by Crippen LogP contribution is -2.45. The Kier molecular flexibility index (Phi) is 9.64. The zero-order valence-electron chi connectivity index (χ0n) is 19.2. The molecule has 0 spiro atoms. The van der Waals surface area contributed by atoms with E-state index >= 15 is 0 Å². The number of pyridine rings is 1. The van der Waals surface area contributed by atoms with Crippen molar-refractivity contribution in [3.05, 3.63) is 35.7 Å². The van der Waals surface area contributed by atoms with E-state index in [1.54, 1.807) is 17.2 Å². The normalized spacial score (nSPS) is 14.6. The maximum Gasteiger partial charge on any atom is 0.339 e. The number of amides is 1. The quantitative estimate of drug-likeness (QED) is 0.533. The lowest BCUT2D eigenvalue weighted by molar-refractivity contribution is -0.138. The number of allylic oxidation sites excluding steroid dienone is 1. The second-order valence-corrected chi connectivity index (χ2v) is 8.90. The van der Waals surface area contributed by atoms with Crippen LogP contribution in [0, 0.1) is 0 Å². The van der Waals surface area contributed by atoms with Gasteiger partial charge >= 0.3 is 5.97 Å². The Labute approximate surface area is 184 Å². The fraction of sp³-hybridized carbons (Fsp3) is 0.545. The van der Waals surface area contributed by atoms with E-state index in [4.69, 9.17) is 10.5 Å². The van der Waals surface area contributed by atoms with E-state index in [9.17, 15) is 14.4 Å². The summed E-state index contributed by atoms with van der Waals surface area (Å²) in [5, 5.41) is 3.01. The Bertz CT molecular complexity index is 794. The number of carbonyl (C=O) groups is 3. The van der Waals surface area contributed by atoms with Crippen LogP contribution >= 0.6 is 0 Å². The average Bonchev–Trinajstić information content (AvgIpc) is 2.62. The first kappa shape index (κ1) is 26.1. The van der Waals surface area contributed by atoms with Gasteiger partial charge in [-0.2, -0.15) is 0 Å². The first-order valence-corrected chi connectivity index (χ1v) is 10.1. The van der Waals surface area contributed by atoms with Gasteiger partial charge in [-0.15, -0.1) is 0 Å². The summed E-state index contributed by atoms with van der Waals surface area (Å²) < 4.78 is 9.96. The highest BCUT2D eigenvalue weighted by molar-refractivity contribution is 5.92. The van der Waals surface area contributed by atoms with Gasteiger partial charge in [0, 0.05) is 31.0 Å². The second-order valence-electron chi connectivity index (χ2n) is 8.90. The number of carbonyl (C=O) groups excluding carboxylic acids is 3. The molecule has 1 aromatic heterocycles. The van der Waals surface area contributed by atoms with Gasteiger partial charge in [-0.05, 0) is 54.0 Å². The summed E-state index contributed by atoms with van der Waals surface area (Å²) in [5.74, 6) is -0.128. The predicted octanol–water partition coefficient (Wildman–Crippen LogP) is 2.06. The lowest BCUT2D eigenvalue weighted by Gasteiger charge is -2.23. The Balaban J connectivity index is 0.000000592. The molecule has 1 aliphatic rings. The molecule has 1 amide bonds. The Morgan fingerprint density at radius 2 is 1.94 bits per heavy atom. The molecule has 3 N–H and O–H groups in total. The van der Waals surface area contributed by atoms with Crippen molar-refractivity contribution in [1.29, 1.82) is 0 Å². The molecule has 31 heavy (non-hydrogen) atoms. The minimum absolute atomic E-state index is 0.0176. The number of nitrogen functional groups attached to an aromatic ring is 1. The van der Waals surface area contributed by atoms with Crippen LogP contribution in [0.2, 0.25) is 0 Å². The molecule has 0 saturated carbocycles. The Morgan fingerprint density at radius 1 is 1.26 bits per heavy atom. The topological polar surface area (TPSA) is 124 Å². The number of nitrogens with two attached hydrogens (primary N) is 1. The standard InChI is InChI=1S/C17H24N4O3.C5H10O2/c1-17(2,3)24-16(23)13-6-7-20-15(18)12(13)5-4-9-21-10-8-19-11-14(21)22;1-5(2,3)7-4-6/h4,6-7,9,19H,5,8,10-11H2,1-3H3,(H2,18,20);4H,1-3H3. The largest absolute Gasteiger partial charge is 0.462 e. The number of ether oxygens (including phenoxy) is 2. The minimum atomic E-state index is -0.588. The molecule has 0 radical (unpaired) electrons. The number of nitrogens with one attached hydrogen (secondary N) is 1. The summed E-state index contributed by atoms with van der Waals surface area (Å²) in [6, 6.07) is 1.60. The fourth-order valence-corrected chi connectivity index (χ4v) is 2.47. The number of aromatic nitrogens is 1. The summed E-state index contributed by atoms with van der Waals surface area (Å²) in [6.07, 6.45) is 5.42. The van der Waals surface area contributed by atoms with E-state index in [-0.39, 0.29) is 17.3 Å². The summed E-state index contributed by atoms with van der Waals surface area (Å²) in [5.41, 5.74) is 6.02. The smallest absolute Gasteiger partial charge is 0.339 e. The molecule has 1 saturated heterocycles. The maximum atomic E-state index is 12.3. The van der Waals surface area contributed by atoms with Gasteiger partial charge < -0.3 is 25.4 Å². The van der Waals surface area contributed by atoms with Crippen molar-refractivity contribution in [2.24, 2.45) is 0 Å². The fourth-order valence-electron chi connectivity index (χ4n) is 2.47. The molecule has 2 heterocycles. The van der Waals surface area contributed by atoms with Gasteiger partial charge in [-0.1, -0.05) is 6.08 Å².